The third-order valence-corrected chi connectivity index (χ3v) is 3.34. The summed E-state index contributed by atoms with van der Waals surface area (Å²) < 4.78 is 0. The van der Waals surface area contributed by atoms with E-state index < -0.39 is 6.03 Å². The Morgan fingerprint density at radius 3 is 2.79 bits per heavy atom. The topological polar surface area (TPSA) is 91.8 Å². The molecule has 0 aliphatic rings. The number of anilines is 3. The molecular weight excluding hydrogens is 304 g/mol. The van der Waals surface area contributed by atoms with E-state index in [-0.39, 0.29) is 5.95 Å². The Kier molecular flexibility index (Phi) is 4.51. The number of carbonyl (C=O) groups is 1. The van der Waals surface area contributed by atoms with Gasteiger partial charge in [0.05, 0.1) is 0 Å². The first-order chi connectivity index (χ1) is 11.6. The molecule has 2 aromatic heterocycles. The van der Waals surface area contributed by atoms with Gasteiger partial charge in [-0.25, -0.2) is 9.78 Å². The molecule has 3 aromatic rings. The monoisotopic (exact) mass is 322 g/mol. The number of amides is 2. The Balaban J connectivity index is 1.72. The van der Waals surface area contributed by atoms with Gasteiger partial charge in [-0.1, -0.05) is 6.07 Å². The van der Waals surface area contributed by atoms with Crippen molar-refractivity contribution in [3.8, 4) is 0 Å². The Bertz CT molecular complexity index is 880. The van der Waals surface area contributed by atoms with Crippen LogP contribution in [0.1, 0.15) is 12.6 Å². The van der Waals surface area contributed by atoms with E-state index in [0.717, 1.165) is 23.0 Å². The van der Waals surface area contributed by atoms with Crippen molar-refractivity contribution in [2.24, 2.45) is 0 Å². The summed E-state index contributed by atoms with van der Waals surface area (Å²) in [7, 11) is 0. The zero-order valence-corrected chi connectivity index (χ0v) is 13.5. The summed E-state index contributed by atoms with van der Waals surface area (Å²) >= 11 is 0. The fourth-order valence-corrected chi connectivity index (χ4v) is 2.32. The van der Waals surface area contributed by atoms with Gasteiger partial charge in [-0.05, 0) is 37.4 Å². The summed E-state index contributed by atoms with van der Waals surface area (Å²) in [4.78, 5) is 24.7. The molecule has 0 unspecified atom stereocenters. The fraction of sp³-hybridized carbons (Fsp3) is 0.176. The van der Waals surface area contributed by atoms with Gasteiger partial charge in [0.25, 0.3) is 0 Å². The van der Waals surface area contributed by atoms with E-state index in [4.69, 9.17) is 0 Å². The van der Waals surface area contributed by atoms with Crippen LogP contribution >= 0.6 is 0 Å². The van der Waals surface area contributed by atoms with Crippen molar-refractivity contribution in [3.05, 3.63) is 48.4 Å². The number of urea groups is 1. The second kappa shape index (κ2) is 6.91. The Hall–Kier alpha value is -3.22. The van der Waals surface area contributed by atoms with E-state index in [1.807, 2.05) is 44.2 Å². The summed E-state index contributed by atoms with van der Waals surface area (Å²) in [6, 6.07) is 8.94. The van der Waals surface area contributed by atoms with Crippen LogP contribution in [0.5, 0.6) is 0 Å². The first kappa shape index (κ1) is 15.7. The van der Waals surface area contributed by atoms with Gasteiger partial charge >= 0.3 is 6.03 Å². The van der Waals surface area contributed by atoms with Crippen LogP contribution in [0, 0.1) is 6.92 Å². The summed E-state index contributed by atoms with van der Waals surface area (Å²) in [5, 5.41) is 10.6. The highest BCUT2D eigenvalue weighted by Gasteiger charge is 2.07. The summed E-state index contributed by atoms with van der Waals surface area (Å²) in [5.74, 6) is 0.937. The Labute approximate surface area is 139 Å². The SMILES string of the molecule is CCNc1cc(C)nc(NC(=O)Nc2ccc3cnccc3c2)n1. The van der Waals surface area contributed by atoms with Gasteiger partial charge in [-0.2, -0.15) is 4.98 Å². The first-order valence-electron chi connectivity index (χ1n) is 7.65. The summed E-state index contributed by atoms with van der Waals surface area (Å²) in [6.07, 6.45) is 3.50. The maximum atomic E-state index is 12.2. The molecule has 0 saturated carbocycles. The molecule has 0 fully saturated rings. The number of carbonyl (C=O) groups excluding carboxylic acids is 1. The van der Waals surface area contributed by atoms with Gasteiger partial charge in [-0.3, -0.25) is 10.3 Å². The minimum Gasteiger partial charge on any atom is -0.370 e. The van der Waals surface area contributed by atoms with Crippen LogP contribution < -0.4 is 16.0 Å². The van der Waals surface area contributed by atoms with Gasteiger partial charge in [0.1, 0.15) is 5.82 Å². The zero-order valence-electron chi connectivity index (χ0n) is 13.5. The highest BCUT2D eigenvalue weighted by Crippen LogP contribution is 2.18. The highest BCUT2D eigenvalue weighted by atomic mass is 16.2. The molecule has 7 heteroatoms. The molecule has 0 saturated heterocycles. The second-order valence-electron chi connectivity index (χ2n) is 5.27. The summed E-state index contributed by atoms with van der Waals surface area (Å²) in [6.45, 7) is 4.57. The number of rotatable bonds is 4. The van der Waals surface area contributed by atoms with Crippen LogP contribution in [-0.4, -0.2) is 27.5 Å². The average Bonchev–Trinajstić information content (AvgIpc) is 2.54. The lowest BCUT2D eigenvalue weighted by molar-refractivity contribution is 0.262. The van der Waals surface area contributed by atoms with Crippen LogP contribution in [-0.2, 0) is 0 Å². The van der Waals surface area contributed by atoms with Crippen molar-refractivity contribution in [3.63, 3.8) is 0 Å². The van der Waals surface area contributed by atoms with Crippen molar-refractivity contribution in [2.75, 3.05) is 22.5 Å². The minimum absolute atomic E-state index is 0.258. The number of nitrogens with one attached hydrogen (secondary N) is 3. The number of hydrogen-bond acceptors (Lipinski definition) is 5. The molecule has 0 bridgehead atoms. The molecule has 3 N–H and O–H groups in total. The molecule has 0 spiro atoms. The lowest BCUT2D eigenvalue weighted by atomic mass is 10.1. The Morgan fingerprint density at radius 1 is 1.08 bits per heavy atom. The molecule has 24 heavy (non-hydrogen) atoms. The van der Waals surface area contributed by atoms with Crippen LogP contribution in [0.25, 0.3) is 10.8 Å². The molecule has 0 atom stereocenters. The maximum absolute atomic E-state index is 12.2. The molecule has 3 rings (SSSR count). The number of aryl methyl sites for hydroxylation is 1. The molecule has 0 aliphatic heterocycles. The third kappa shape index (κ3) is 3.75. The van der Waals surface area contributed by atoms with E-state index in [1.165, 1.54) is 0 Å². The third-order valence-electron chi connectivity index (χ3n) is 3.34. The minimum atomic E-state index is -0.392. The first-order valence-corrected chi connectivity index (χ1v) is 7.65. The largest absolute Gasteiger partial charge is 0.370 e. The van der Waals surface area contributed by atoms with E-state index in [1.54, 1.807) is 12.4 Å². The van der Waals surface area contributed by atoms with Crippen LogP contribution in [0.2, 0.25) is 0 Å². The number of pyridine rings is 1. The van der Waals surface area contributed by atoms with Crippen LogP contribution in [0.15, 0.2) is 42.7 Å². The number of benzene rings is 1. The standard InChI is InChI=1S/C17H18N6O/c1-3-19-15-8-11(2)20-16(22-15)23-17(24)21-14-5-4-13-10-18-7-6-12(13)9-14/h4-10H,3H2,1-2H3,(H3,19,20,21,22,23,24). The molecule has 2 amide bonds. The van der Waals surface area contributed by atoms with Gasteiger partial charge < -0.3 is 10.6 Å². The van der Waals surface area contributed by atoms with Gasteiger partial charge in [0.2, 0.25) is 5.95 Å². The van der Waals surface area contributed by atoms with Crippen molar-refractivity contribution in [2.45, 2.75) is 13.8 Å². The molecule has 1 aromatic carbocycles. The highest BCUT2D eigenvalue weighted by molar-refractivity contribution is 6.00. The maximum Gasteiger partial charge on any atom is 0.326 e. The van der Waals surface area contributed by atoms with Crippen molar-refractivity contribution in [1.82, 2.24) is 15.0 Å². The zero-order chi connectivity index (χ0) is 16.9. The number of aromatic nitrogens is 3. The lowest BCUT2D eigenvalue weighted by Gasteiger charge is -2.09. The van der Waals surface area contributed by atoms with Crippen molar-refractivity contribution < 1.29 is 4.79 Å². The molecule has 122 valence electrons. The van der Waals surface area contributed by atoms with Crippen molar-refractivity contribution in [1.29, 1.82) is 0 Å². The summed E-state index contributed by atoms with van der Waals surface area (Å²) in [5.41, 5.74) is 1.46. The van der Waals surface area contributed by atoms with Crippen LogP contribution in [0.3, 0.4) is 0 Å². The molecule has 0 aliphatic carbocycles. The number of nitrogens with zero attached hydrogens (tertiary/aromatic N) is 3. The number of fused-ring (bicyclic) bond motifs is 1. The van der Waals surface area contributed by atoms with E-state index in [2.05, 4.69) is 30.9 Å². The predicted octanol–water partition coefficient (Wildman–Crippen LogP) is 3.41. The van der Waals surface area contributed by atoms with E-state index in [9.17, 15) is 4.79 Å². The van der Waals surface area contributed by atoms with Gasteiger partial charge in [0.15, 0.2) is 0 Å². The second-order valence-corrected chi connectivity index (χ2v) is 5.27. The molecule has 7 nitrogen and oxygen atoms in total. The van der Waals surface area contributed by atoms with Gasteiger partial charge in [0, 0.05) is 41.8 Å². The average molecular weight is 322 g/mol. The smallest absolute Gasteiger partial charge is 0.326 e. The Morgan fingerprint density at radius 2 is 1.96 bits per heavy atom. The molecule has 0 radical (unpaired) electrons. The van der Waals surface area contributed by atoms with Crippen molar-refractivity contribution >= 4 is 34.3 Å². The molecular formula is C17H18N6O. The van der Waals surface area contributed by atoms with E-state index in [0.29, 0.717) is 11.5 Å². The van der Waals surface area contributed by atoms with E-state index >= 15 is 0 Å². The van der Waals surface area contributed by atoms with Gasteiger partial charge in [-0.15, -0.1) is 0 Å². The lowest BCUT2D eigenvalue weighted by Crippen LogP contribution is -2.21. The normalized spacial score (nSPS) is 10.4. The predicted molar refractivity (Wildman–Crippen MR) is 95.3 cm³/mol. The number of hydrogen-bond donors (Lipinski definition) is 3. The molecule has 2 heterocycles. The van der Waals surface area contributed by atoms with Crippen LogP contribution in [0.4, 0.5) is 22.2 Å². The fourth-order valence-electron chi connectivity index (χ4n) is 2.32. The quantitative estimate of drug-likeness (QED) is 0.684.